The molecule has 13 heavy (non-hydrogen) atoms. The van der Waals surface area contributed by atoms with E-state index in [4.69, 9.17) is 4.74 Å². The van der Waals surface area contributed by atoms with Gasteiger partial charge in [0.2, 0.25) is 0 Å². The summed E-state index contributed by atoms with van der Waals surface area (Å²) in [6.45, 7) is 6.73. The van der Waals surface area contributed by atoms with Gasteiger partial charge in [-0.15, -0.1) is 0 Å². The SMILES string of the molecule is C=C1COCC(=C)C(=O)OOC1=O. The highest BCUT2D eigenvalue weighted by atomic mass is 17.2. The van der Waals surface area contributed by atoms with Crippen LogP contribution in [0, 0.1) is 0 Å². The van der Waals surface area contributed by atoms with Crippen LogP contribution >= 0.6 is 0 Å². The van der Waals surface area contributed by atoms with Gasteiger partial charge in [-0.05, 0) is 0 Å². The van der Waals surface area contributed by atoms with Crippen LogP contribution in [-0.2, 0) is 24.1 Å². The first-order valence-corrected chi connectivity index (χ1v) is 3.47. The first kappa shape index (κ1) is 9.47. The molecule has 1 aliphatic heterocycles. The number of carbonyl (C=O) groups is 2. The van der Waals surface area contributed by atoms with E-state index < -0.39 is 11.9 Å². The largest absolute Gasteiger partial charge is 0.384 e. The molecule has 5 nitrogen and oxygen atoms in total. The van der Waals surface area contributed by atoms with Crippen molar-refractivity contribution in [2.75, 3.05) is 13.2 Å². The molecular weight excluding hydrogens is 176 g/mol. The van der Waals surface area contributed by atoms with E-state index in [0.29, 0.717) is 0 Å². The smallest absolute Gasteiger partial charge is 0.372 e. The van der Waals surface area contributed by atoms with Crippen LogP contribution in [0.2, 0.25) is 0 Å². The van der Waals surface area contributed by atoms with E-state index in [1.54, 1.807) is 0 Å². The van der Waals surface area contributed by atoms with E-state index >= 15 is 0 Å². The molecule has 0 unspecified atom stereocenters. The highest BCUT2D eigenvalue weighted by Crippen LogP contribution is 2.05. The van der Waals surface area contributed by atoms with Gasteiger partial charge >= 0.3 is 11.9 Å². The van der Waals surface area contributed by atoms with Crippen LogP contribution in [0.15, 0.2) is 24.3 Å². The summed E-state index contributed by atoms with van der Waals surface area (Å²) >= 11 is 0. The van der Waals surface area contributed by atoms with E-state index in [0.717, 1.165) is 0 Å². The van der Waals surface area contributed by atoms with Gasteiger partial charge in [0.1, 0.15) is 0 Å². The van der Waals surface area contributed by atoms with Gasteiger partial charge < -0.3 is 4.74 Å². The Hall–Kier alpha value is -1.62. The maximum Gasteiger partial charge on any atom is 0.384 e. The van der Waals surface area contributed by atoms with Crippen molar-refractivity contribution in [3.8, 4) is 0 Å². The average molecular weight is 184 g/mol. The van der Waals surface area contributed by atoms with Crippen LogP contribution in [0.4, 0.5) is 0 Å². The Morgan fingerprint density at radius 2 is 1.31 bits per heavy atom. The lowest BCUT2D eigenvalue weighted by Crippen LogP contribution is -2.12. The molecule has 1 saturated heterocycles. The van der Waals surface area contributed by atoms with Gasteiger partial charge in [0.15, 0.2) is 0 Å². The minimum Gasteiger partial charge on any atom is -0.372 e. The van der Waals surface area contributed by atoms with Crippen molar-refractivity contribution in [3.05, 3.63) is 24.3 Å². The van der Waals surface area contributed by atoms with E-state index in [2.05, 4.69) is 22.9 Å². The van der Waals surface area contributed by atoms with Gasteiger partial charge in [0, 0.05) is 0 Å². The summed E-state index contributed by atoms with van der Waals surface area (Å²) in [7, 11) is 0. The predicted octanol–water partition coefficient (Wildman–Crippen LogP) is 0.130. The summed E-state index contributed by atoms with van der Waals surface area (Å²) in [6, 6.07) is 0. The molecule has 1 fully saturated rings. The molecule has 0 aromatic carbocycles. The number of rotatable bonds is 0. The first-order chi connectivity index (χ1) is 6.11. The molecule has 0 saturated carbocycles. The maximum atomic E-state index is 10.9. The second kappa shape index (κ2) is 3.86. The quantitative estimate of drug-likeness (QED) is 0.395. The van der Waals surface area contributed by atoms with Crippen LogP contribution in [0.25, 0.3) is 0 Å². The predicted molar refractivity (Wildman–Crippen MR) is 41.3 cm³/mol. The summed E-state index contributed by atoms with van der Waals surface area (Å²) < 4.78 is 4.92. The number of carbonyl (C=O) groups excluding carboxylic acids is 2. The van der Waals surface area contributed by atoms with Crippen molar-refractivity contribution in [1.82, 2.24) is 0 Å². The lowest BCUT2D eigenvalue weighted by Gasteiger charge is -1.99. The minimum absolute atomic E-state index is 0.00546. The molecule has 0 aromatic rings. The summed E-state index contributed by atoms with van der Waals surface area (Å²) in [5, 5.41) is 0. The third kappa shape index (κ3) is 2.41. The summed E-state index contributed by atoms with van der Waals surface area (Å²) in [5.41, 5.74) is 0.171. The molecule has 70 valence electrons. The Morgan fingerprint density at radius 3 is 1.69 bits per heavy atom. The Kier molecular flexibility index (Phi) is 2.81. The highest BCUT2D eigenvalue weighted by Gasteiger charge is 2.18. The van der Waals surface area contributed by atoms with Crippen LogP contribution in [0.3, 0.4) is 0 Å². The molecule has 0 aromatic heterocycles. The molecule has 1 rings (SSSR count). The Labute approximate surface area is 74.5 Å². The summed E-state index contributed by atoms with van der Waals surface area (Å²) in [5.74, 6) is -1.63. The molecule has 1 heterocycles. The second-order valence-electron chi connectivity index (χ2n) is 2.44. The molecule has 0 atom stereocenters. The van der Waals surface area contributed by atoms with Crippen molar-refractivity contribution in [2.45, 2.75) is 0 Å². The minimum atomic E-state index is -0.817. The van der Waals surface area contributed by atoms with Crippen molar-refractivity contribution in [1.29, 1.82) is 0 Å². The molecule has 0 bridgehead atoms. The lowest BCUT2D eigenvalue weighted by atomic mass is 10.3. The van der Waals surface area contributed by atoms with E-state index in [1.165, 1.54) is 0 Å². The van der Waals surface area contributed by atoms with Gasteiger partial charge in [-0.3, -0.25) is 0 Å². The van der Waals surface area contributed by atoms with Crippen molar-refractivity contribution < 1.29 is 24.1 Å². The highest BCUT2D eigenvalue weighted by molar-refractivity contribution is 5.91. The zero-order valence-electron chi connectivity index (χ0n) is 6.87. The van der Waals surface area contributed by atoms with Gasteiger partial charge in [0.05, 0.1) is 24.4 Å². The zero-order chi connectivity index (χ0) is 9.84. The molecule has 0 amide bonds. The monoisotopic (exact) mass is 184 g/mol. The van der Waals surface area contributed by atoms with Crippen LogP contribution < -0.4 is 0 Å². The van der Waals surface area contributed by atoms with Crippen LogP contribution in [0.5, 0.6) is 0 Å². The molecule has 0 N–H and O–H groups in total. The van der Waals surface area contributed by atoms with Crippen molar-refractivity contribution in [2.24, 2.45) is 0 Å². The Balaban J connectivity index is 2.68. The number of hydrogen-bond donors (Lipinski definition) is 0. The molecule has 0 radical (unpaired) electrons. The second-order valence-corrected chi connectivity index (χ2v) is 2.44. The standard InChI is InChI=1S/C8H8O5/c1-5-3-11-4-6(2)8(10)13-12-7(5)9/h1-4H2. The summed E-state index contributed by atoms with van der Waals surface area (Å²) in [4.78, 5) is 30.0. The van der Waals surface area contributed by atoms with Crippen molar-refractivity contribution >= 4 is 11.9 Å². The fraction of sp³-hybridized carbons (Fsp3) is 0.250. The Morgan fingerprint density at radius 1 is 0.923 bits per heavy atom. The fourth-order valence-electron chi connectivity index (χ4n) is 0.609. The van der Waals surface area contributed by atoms with Gasteiger partial charge in [0.25, 0.3) is 0 Å². The zero-order valence-corrected chi connectivity index (χ0v) is 6.87. The maximum absolute atomic E-state index is 10.9. The van der Waals surface area contributed by atoms with Crippen LogP contribution in [-0.4, -0.2) is 25.2 Å². The first-order valence-electron chi connectivity index (χ1n) is 3.47. The number of ether oxygens (including phenoxy) is 1. The van der Waals surface area contributed by atoms with E-state index in [1.807, 2.05) is 0 Å². The molecular formula is C8H8O5. The number of hydrogen-bond acceptors (Lipinski definition) is 5. The third-order valence-corrected chi connectivity index (χ3v) is 1.32. The molecule has 0 aliphatic carbocycles. The topological polar surface area (TPSA) is 61.8 Å². The van der Waals surface area contributed by atoms with Gasteiger partial charge in [-0.25, -0.2) is 19.4 Å². The lowest BCUT2D eigenvalue weighted by molar-refractivity contribution is -0.252. The average Bonchev–Trinajstić information content (AvgIpc) is 2.15. The van der Waals surface area contributed by atoms with Gasteiger partial charge in [-0.1, -0.05) is 13.2 Å². The van der Waals surface area contributed by atoms with E-state index in [9.17, 15) is 9.59 Å². The Bertz CT molecular complexity index is 250. The molecule has 0 spiro atoms. The third-order valence-electron chi connectivity index (χ3n) is 1.32. The van der Waals surface area contributed by atoms with Crippen LogP contribution in [0.1, 0.15) is 0 Å². The van der Waals surface area contributed by atoms with E-state index in [-0.39, 0.29) is 24.4 Å². The fourth-order valence-corrected chi connectivity index (χ4v) is 0.609. The molecule has 5 heteroatoms. The van der Waals surface area contributed by atoms with Gasteiger partial charge in [-0.2, -0.15) is 0 Å². The normalized spacial score (nSPS) is 19.7. The molecule has 1 aliphatic rings. The summed E-state index contributed by atoms with van der Waals surface area (Å²) in [6.07, 6.45) is 0. The van der Waals surface area contributed by atoms with Crippen molar-refractivity contribution in [3.63, 3.8) is 0 Å².